The minimum absolute atomic E-state index is 0.265. The van der Waals surface area contributed by atoms with Crippen LogP contribution in [0.2, 0.25) is 0 Å². The van der Waals surface area contributed by atoms with Gasteiger partial charge in [0.05, 0.1) is 5.57 Å². The number of imide groups is 1. The predicted molar refractivity (Wildman–Crippen MR) is 106 cm³/mol. The van der Waals surface area contributed by atoms with Gasteiger partial charge < -0.3 is 10.1 Å². The quantitative estimate of drug-likeness (QED) is 0.574. The second kappa shape index (κ2) is 8.64. The van der Waals surface area contributed by atoms with Crippen LogP contribution in [-0.4, -0.2) is 36.5 Å². The zero-order chi connectivity index (χ0) is 19.2. The van der Waals surface area contributed by atoms with E-state index >= 15 is 0 Å². The average molecular weight is 364 g/mol. The van der Waals surface area contributed by atoms with E-state index in [0.29, 0.717) is 37.4 Å². The first kappa shape index (κ1) is 18.9. The number of ether oxygens (including phenoxy) is 1. The molecule has 0 aliphatic carbocycles. The first-order chi connectivity index (χ1) is 13.1. The Morgan fingerprint density at radius 1 is 0.963 bits per heavy atom. The van der Waals surface area contributed by atoms with Crippen molar-refractivity contribution in [2.45, 2.75) is 20.3 Å². The van der Waals surface area contributed by atoms with Crippen molar-refractivity contribution >= 4 is 23.1 Å². The van der Waals surface area contributed by atoms with Crippen molar-refractivity contribution in [3.05, 3.63) is 71.4 Å². The van der Waals surface area contributed by atoms with Crippen molar-refractivity contribution < 1.29 is 14.3 Å². The zero-order valence-corrected chi connectivity index (χ0v) is 15.7. The maximum Gasteiger partial charge on any atom is 0.278 e. The van der Waals surface area contributed by atoms with Gasteiger partial charge in [0.25, 0.3) is 11.8 Å². The van der Waals surface area contributed by atoms with Gasteiger partial charge in [0, 0.05) is 25.4 Å². The Kier molecular flexibility index (Phi) is 6.04. The van der Waals surface area contributed by atoms with Gasteiger partial charge in [0.1, 0.15) is 5.70 Å². The maximum atomic E-state index is 13.0. The fourth-order valence-corrected chi connectivity index (χ4v) is 3.08. The summed E-state index contributed by atoms with van der Waals surface area (Å²) >= 11 is 0. The molecule has 0 saturated heterocycles. The lowest BCUT2D eigenvalue weighted by Crippen LogP contribution is -2.34. The highest BCUT2D eigenvalue weighted by Gasteiger charge is 2.38. The molecule has 1 heterocycles. The first-order valence-electron chi connectivity index (χ1n) is 9.19. The number of carbonyl (C=O) groups excluding carboxylic acids is 2. The molecule has 0 radical (unpaired) electrons. The van der Waals surface area contributed by atoms with Gasteiger partial charge in [-0.15, -0.1) is 0 Å². The highest BCUT2D eigenvalue weighted by atomic mass is 16.5. The molecule has 5 heteroatoms. The molecule has 5 nitrogen and oxygen atoms in total. The van der Waals surface area contributed by atoms with E-state index in [9.17, 15) is 9.59 Å². The molecule has 0 spiro atoms. The number of nitrogens with zero attached hydrogens (tertiary/aromatic N) is 1. The van der Waals surface area contributed by atoms with Crippen LogP contribution in [0.3, 0.4) is 0 Å². The monoisotopic (exact) mass is 364 g/mol. The highest BCUT2D eigenvalue weighted by Crippen LogP contribution is 2.31. The number of anilines is 1. The van der Waals surface area contributed by atoms with Gasteiger partial charge in [-0.25, -0.2) is 0 Å². The standard InChI is InChI=1S/C22H24N2O3/c1-3-27-15-9-14-24-21(25)19(17-11-5-4-6-12-17)20(22(24)26)23-18-13-8-7-10-16(18)2/h4-8,10-13,23H,3,9,14-15H2,1-2H3. The molecule has 0 bridgehead atoms. The summed E-state index contributed by atoms with van der Waals surface area (Å²) in [5, 5.41) is 3.21. The van der Waals surface area contributed by atoms with Crippen LogP contribution in [0.4, 0.5) is 5.69 Å². The van der Waals surface area contributed by atoms with E-state index < -0.39 is 0 Å². The molecular weight excluding hydrogens is 340 g/mol. The molecule has 2 aromatic carbocycles. The van der Waals surface area contributed by atoms with E-state index in [4.69, 9.17) is 4.74 Å². The third-order valence-corrected chi connectivity index (χ3v) is 4.51. The number of rotatable bonds is 8. The van der Waals surface area contributed by atoms with Crippen molar-refractivity contribution in [1.29, 1.82) is 0 Å². The van der Waals surface area contributed by atoms with E-state index in [-0.39, 0.29) is 11.8 Å². The van der Waals surface area contributed by atoms with Crippen molar-refractivity contribution in [2.75, 3.05) is 25.1 Å². The van der Waals surface area contributed by atoms with E-state index in [2.05, 4.69) is 5.32 Å². The normalized spacial score (nSPS) is 14.2. The number of para-hydroxylation sites is 1. The minimum Gasteiger partial charge on any atom is -0.382 e. The highest BCUT2D eigenvalue weighted by molar-refractivity contribution is 6.36. The van der Waals surface area contributed by atoms with Crippen LogP contribution in [0.1, 0.15) is 24.5 Å². The molecule has 0 fully saturated rings. The van der Waals surface area contributed by atoms with Crippen LogP contribution in [0, 0.1) is 6.92 Å². The smallest absolute Gasteiger partial charge is 0.278 e. The van der Waals surface area contributed by atoms with Gasteiger partial charge in [-0.2, -0.15) is 0 Å². The van der Waals surface area contributed by atoms with Crippen LogP contribution < -0.4 is 5.32 Å². The molecule has 27 heavy (non-hydrogen) atoms. The van der Waals surface area contributed by atoms with Crippen LogP contribution >= 0.6 is 0 Å². The fourth-order valence-electron chi connectivity index (χ4n) is 3.08. The van der Waals surface area contributed by atoms with Crippen LogP contribution in [0.15, 0.2) is 60.3 Å². The third kappa shape index (κ3) is 4.09. The summed E-state index contributed by atoms with van der Waals surface area (Å²) in [6.45, 7) is 5.37. The van der Waals surface area contributed by atoms with Crippen LogP contribution in [-0.2, 0) is 14.3 Å². The molecule has 0 unspecified atom stereocenters. The average Bonchev–Trinajstić information content (AvgIpc) is 2.91. The number of hydrogen-bond donors (Lipinski definition) is 1. The van der Waals surface area contributed by atoms with E-state index in [0.717, 1.165) is 16.8 Å². The van der Waals surface area contributed by atoms with Gasteiger partial charge in [-0.1, -0.05) is 48.5 Å². The summed E-state index contributed by atoms with van der Waals surface area (Å²) in [7, 11) is 0. The molecule has 0 aromatic heterocycles. The van der Waals surface area contributed by atoms with Crippen molar-refractivity contribution in [1.82, 2.24) is 4.90 Å². The summed E-state index contributed by atoms with van der Waals surface area (Å²) in [5.74, 6) is -0.558. The van der Waals surface area contributed by atoms with Gasteiger partial charge in [-0.3, -0.25) is 14.5 Å². The SMILES string of the molecule is CCOCCCN1C(=O)C(Nc2ccccc2C)=C(c2ccccc2)C1=O. The Morgan fingerprint density at radius 3 is 2.37 bits per heavy atom. The van der Waals surface area contributed by atoms with Gasteiger partial charge in [0.2, 0.25) is 0 Å². The minimum atomic E-state index is -0.293. The summed E-state index contributed by atoms with van der Waals surface area (Å²) in [4.78, 5) is 27.4. The number of benzene rings is 2. The Morgan fingerprint density at radius 2 is 1.67 bits per heavy atom. The molecule has 3 rings (SSSR count). The Bertz CT molecular complexity index is 859. The molecule has 1 aliphatic heterocycles. The third-order valence-electron chi connectivity index (χ3n) is 4.51. The number of carbonyl (C=O) groups is 2. The van der Waals surface area contributed by atoms with Crippen LogP contribution in [0.25, 0.3) is 5.57 Å². The first-order valence-corrected chi connectivity index (χ1v) is 9.19. The number of amides is 2. The topological polar surface area (TPSA) is 58.6 Å². The molecule has 0 atom stereocenters. The van der Waals surface area contributed by atoms with Gasteiger partial charge in [-0.05, 0) is 37.5 Å². The molecule has 1 aliphatic rings. The molecular formula is C22H24N2O3. The second-order valence-electron chi connectivity index (χ2n) is 6.37. The Balaban J connectivity index is 1.93. The molecule has 140 valence electrons. The lowest BCUT2D eigenvalue weighted by Gasteiger charge is -2.15. The Hall–Kier alpha value is -2.92. The maximum absolute atomic E-state index is 13.0. The molecule has 2 amide bonds. The Labute approximate surface area is 159 Å². The lowest BCUT2D eigenvalue weighted by atomic mass is 10.0. The predicted octanol–water partition coefficient (Wildman–Crippen LogP) is 3.61. The fraction of sp³-hybridized carbons (Fsp3) is 0.273. The van der Waals surface area contributed by atoms with Gasteiger partial charge >= 0.3 is 0 Å². The van der Waals surface area contributed by atoms with Gasteiger partial charge in [0.15, 0.2) is 0 Å². The summed E-state index contributed by atoms with van der Waals surface area (Å²) in [6.07, 6.45) is 0.616. The summed E-state index contributed by atoms with van der Waals surface area (Å²) in [5.41, 5.74) is 3.31. The van der Waals surface area contributed by atoms with Crippen molar-refractivity contribution in [2.24, 2.45) is 0 Å². The van der Waals surface area contributed by atoms with E-state index in [1.807, 2.05) is 68.4 Å². The molecule has 2 aromatic rings. The number of aryl methyl sites for hydroxylation is 1. The lowest BCUT2D eigenvalue weighted by molar-refractivity contribution is -0.137. The largest absolute Gasteiger partial charge is 0.382 e. The summed E-state index contributed by atoms with van der Waals surface area (Å²) < 4.78 is 5.33. The number of hydrogen-bond acceptors (Lipinski definition) is 4. The summed E-state index contributed by atoms with van der Waals surface area (Å²) in [6, 6.07) is 17.0. The van der Waals surface area contributed by atoms with Crippen LogP contribution in [0.5, 0.6) is 0 Å². The van der Waals surface area contributed by atoms with E-state index in [1.165, 1.54) is 4.90 Å². The molecule has 0 saturated carbocycles. The van der Waals surface area contributed by atoms with E-state index in [1.54, 1.807) is 0 Å². The van der Waals surface area contributed by atoms with Crippen molar-refractivity contribution in [3.63, 3.8) is 0 Å². The second-order valence-corrected chi connectivity index (χ2v) is 6.37. The zero-order valence-electron chi connectivity index (χ0n) is 15.7. The molecule has 1 N–H and O–H groups in total. The number of nitrogens with one attached hydrogen (secondary N) is 1. The van der Waals surface area contributed by atoms with Crippen molar-refractivity contribution in [3.8, 4) is 0 Å².